The Hall–Kier alpha value is -2.60. The number of aromatic carboxylic acids is 1. The van der Waals surface area contributed by atoms with E-state index >= 15 is 8.78 Å². The normalized spacial score (nSPS) is 23.1. The minimum absolute atomic E-state index is 0.0279. The quantitative estimate of drug-likeness (QED) is 0.383. The van der Waals surface area contributed by atoms with Gasteiger partial charge in [-0.3, -0.25) is 4.39 Å². The first-order chi connectivity index (χ1) is 18.3. The number of benzene rings is 2. The van der Waals surface area contributed by atoms with Crippen LogP contribution in [0.3, 0.4) is 0 Å². The smallest absolute Gasteiger partial charge is 0.335 e. The molecule has 0 bridgehead atoms. The van der Waals surface area contributed by atoms with Crippen molar-refractivity contribution in [2.45, 2.75) is 64.2 Å². The fourth-order valence-corrected chi connectivity index (χ4v) is 6.66. The van der Waals surface area contributed by atoms with E-state index < -0.39 is 24.5 Å². The van der Waals surface area contributed by atoms with E-state index in [1.54, 1.807) is 24.3 Å². The molecule has 0 unspecified atom stereocenters. The van der Waals surface area contributed by atoms with Crippen LogP contribution >= 0.6 is 0 Å². The number of halogens is 3. The molecule has 0 atom stereocenters. The van der Waals surface area contributed by atoms with Crippen LogP contribution < -0.4 is 0 Å². The molecule has 204 valence electrons. The lowest BCUT2D eigenvalue weighted by Gasteiger charge is -2.43. The second kappa shape index (κ2) is 11.3. The highest BCUT2D eigenvalue weighted by Gasteiger charge is 2.47. The Bertz CT molecular complexity index is 1180. The number of nitrogens with zero attached hydrogens (tertiary/aromatic N) is 1. The zero-order chi connectivity index (χ0) is 26.9. The fourth-order valence-electron chi connectivity index (χ4n) is 6.66. The minimum Gasteiger partial charge on any atom is -0.478 e. The van der Waals surface area contributed by atoms with E-state index in [4.69, 9.17) is 0 Å². The maximum Gasteiger partial charge on any atom is 0.335 e. The number of likely N-dealkylation sites (tertiary alicyclic amines) is 1. The summed E-state index contributed by atoms with van der Waals surface area (Å²) < 4.78 is 43.1. The van der Waals surface area contributed by atoms with Gasteiger partial charge in [0, 0.05) is 25.2 Å². The van der Waals surface area contributed by atoms with Gasteiger partial charge in [-0.2, -0.15) is 0 Å². The number of fused-ring (bicyclic) bond motifs is 1. The van der Waals surface area contributed by atoms with Crippen molar-refractivity contribution in [1.82, 2.24) is 4.90 Å². The molecular formula is C32H38F3NO2. The predicted octanol–water partition coefficient (Wildman–Crippen LogP) is 7.73. The number of alkyl halides is 3. The van der Waals surface area contributed by atoms with Crippen LogP contribution in [0, 0.1) is 17.8 Å². The first-order valence-electron chi connectivity index (χ1n) is 14.1. The number of rotatable bonds is 8. The zero-order valence-corrected chi connectivity index (χ0v) is 22.2. The molecule has 1 saturated heterocycles. The largest absolute Gasteiger partial charge is 0.478 e. The number of carbonyl (C=O) groups is 1. The first-order valence-corrected chi connectivity index (χ1v) is 14.1. The molecule has 3 nitrogen and oxygen atoms in total. The van der Waals surface area contributed by atoms with E-state index in [1.165, 1.54) is 18.4 Å². The van der Waals surface area contributed by atoms with Crippen LogP contribution in [0.4, 0.5) is 13.2 Å². The molecule has 1 heterocycles. The maximum atomic E-state index is 15.3. The third-order valence-electron chi connectivity index (χ3n) is 8.98. The summed E-state index contributed by atoms with van der Waals surface area (Å²) >= 11 is 0. The summed E-state index contributed by atoms with van der Waals surface area (Å²) in [4.78, 5) is 13.5. The highest BCUT2D eigenvalue weighted by molar-refractivity contribution is 5.90. The van der Waals surface area contributed by atoms with Gasteiger partial charge in [0.2, 0.25) is 0 Å². The van der Waals surface area contributed by atoms with Gasteiger partial charge in [-0.15, -0.1) is 0 Å². The molecule has 0 radical (unpaired) electrons. The Balaban J connectivity index is 1.48. The van der Waals surface area contributed by atoms with Crippen LogP contribution in [0.25, 0.3) is 5.57 Å². The summed E-state index contributed by atoms with van der Waals surface area (Å²) in [6.45, 7) is 3.01. The fraction of sp³-hybridized carbons (Fsp3) is 0.531. The lowest BCUT2D eigenvalue weighted by molar-refractivity contribution is -0.124. The van der Waals surface area contributed by atoms with Gasteiger partial charge in [-0.05, 0) is 84.8 Å². The number of allylic oxidation sites excluding steroid dienone is 1. The number of aryl methyl sites for hydroxylation is 1. The van der Waals surface area contributed by atoms with E-state index in [0.717, 1.165) is 60.3 Å². The SMILES string of the molecule is CC1CCC(C2=C(c3ccc(C(F)(F)C4CN(CCCF)C4)cc3)c3ccc(C(=O)O)cc3CCC2)CC1. The van der Waals surface area contributed by atoms with Gasteiger partial charge in [0.05, 0.1) is 18.2 Å². The third kappa shape index (κ3) is 5.42. The van der Waals surface area contributed by atoms with Crippen molar-refractivity contribution in [2.24, 2.45) is 17.8 Å². The monoisotopic (exact) mass is 525 g/mol. The Morgan fingerprint density at radius 1 is 1.03 bits per heavy atom. The van der Waals surface area contributed by atoms with Gasteiger partial charge in [0.25, 0.3) is 5.92 Å². The molecule has 2 aliphatic carbocycles. The summed E-state index contributed by atoms with van der Waals surface area (Å²) in [5, 5.41) is 9.55. The molecule has 1 saturated carbocycles. The third-order valence-corrected chi connectivity index (χ3v) is 8.98. The zero-order valence-electron chi connectivity index (χ0n) is 22.2. The average molecular weight is 526 g/mol. The topological polar surface area (TPSA) is 40.5 Å². The molecule has 6 heteroatoms. The number of hydrogen-bond donors (Lipinski definition) is 1. The summed E-state index contributed by atoms with van der Waals surface area (Å²) in [6, 6.07) is 12.2. The Labute approximate surface area is 223 Å². The van der Waals surface area contributed by atoms with Gasteiger partial charge in [0.1, 0.15) is 0 Å². The molecule has 0 spiro atoms. The van der Waals surface area contributed by atoms with E-state index in [2.05, 4.69) is 6.92 Å². The summed E-state index contributed by atoms with van der Waals surface area (Å²) in [5.74, 6) is -3.42. The molecular weight excluding hydrogens is 487 g/mol. The lowest BCUT2D eigenvalue weighted by Crippen LogP contribution is -2.53. The van der Waals surface area contributed by atoms with Crippen LogP contribution in [-0.4, -0.2) is 42.3 Å². The predicted molar refractivity (Wildman–Crippen MR) is 144 cm³/mol. The lowest BCUT2D eigenvalue weighted by atomic mass is 9.75. The Morgan fingerprint density at radius 2 is 1.74 bits per heavy atom. The van der Waals surface area contributed by atoms with Gasteiger partial charge >= 0.3 is 5.97 Å². The maximum absolute atomic E-state index is 15.3. The van der Waals surface area contributed by atoms with Crippen molar-refractivity contribution in [1.29, 1.82) is 0 Å². The van der Waals surface area contributed by atoms with Crippen LogP contribution in [0.2, 0.25) is 0 Å². The molecule has 0 aromatic heterocycles. The van der Waals surface area contributed by atoms with E-state index in [9.17, 15) is 14.3 Å². The molecule has 38 heavy (non-hydrogen) atoms. The standard InChI is InChI=1S/C32H38F3NO2/c1-21-6-8-22(9-7-21)28-5-2-4-24-18-25(31(37)38)12-15-29(24)30(28)23-10-13-26(14-11-23)32(34,35)27-19-36(20-27)17-3-16-33/h10-15,18,21-22,27H,2-9,16-17,19-20H2,1H3,(H,37,38). The second-order valence-corrected chi connectivity index (χ2v) is 11.6. The van der Waals surface area contributed by atoms with Crippen molar-refractivity contribution in [3.05, 3.63) is 75.9 Å². The van der Waals surface area contributed by atoms with Crippen LogP contribution in [0.5, 0.6) is 0 Å². The van der Waals surface area contributed by atoms with Crippen LogP contribution in [0.1, 0.15) is 84.5 Å². The first kappa shape index (κ1) is 27.0. The average Bonchev–Trinajstić information content (AvgIpc) is 3.07. The number of hydrogen-bond acceptors (Lipinski definition) is 2. The van der Waals surface area contributed by atoms with Crippen molar-refractivity contribution in [2.75, 3.05) is 26.3 Å². The molecule has 5 rings (SSSR count). The summed E-state index contributed by atoms with van der Waals surface area (Å²) in [6.07, 6.45) is 7.77. The van der Waals surface area contributed by atoms with Gasteiger partial charge < -0.3 is 10.0 Å². The molecule has 2 fully saturated rings. The molecule has 1 N–H and O–H groups in total. The van der Waals surface area contributed by atoms with E-state index in [1.807, 2.05) is 23.1 Å². The van der Waals surface area contributed by atoms with E-state index in [0.29, 0.717) is 32.0 Å². The van der Waals surface area contributed by atoms with Crippen LogP contribution in [0.15, 0.2) is 48.0 Å². The van der Waals surface area contributed by atoms with Crippen molar-refractivity contribution in [3.63, 3.8) is 0 Å². The van der Waals surface area contributed by atoms with Gasteiger partial charge in [-0.1, -0.05) is 55.7 Å². The van der Waals surface area contributed by atoms with Crippen LogP contribution in [-0.2, 0) is 12.3 Å². The molecule has 2 aromatic carbocycles. The molecule has 2 aromatic rings. The van der Waals surface area contributed by atoms with Crippen molar-refractivity contribution >= 4 is 11.5 Å². The molecule has 1 aliphatic heterocycles. The number of carboxylic acids is 1. The summed E-state index contributed by atoms with van der Waals surface area (Å²) in [5.41, 5.74) is 5.84. The molecule has 0 amide bonds. The highest BCUT2D eigenvalue weighted by atomic mass is 19.3. The Morgan fingerprint density at radius 3 is 2.39 bits per heavy atom. The minimum atomic E-state index is -2.93. The number of carboxylic acid groups (broad SMARTS) is 1. The van der Waals surface area contributed by atoms with E-state index in [-0.39, 0.29) is 11.1 Å². The second-order valence-electron chi connectivity index (χ2n) is 11.6. The highest BCUT2D eigenvalue weighted by Crippen LogP contribution is 2.45. The summed E-state index contributed by atoms with van der Waals surface area (Å²) in [7, 11) is 0. The van der Waals surface area contributed by atoms with Gasteiger partial charge in [0.15, 0.2) is 0 Å². The molecule has 3 aliphatic rings. The van der Waals surface area contributed by atoms with Crippen molar-refractivity contribution < 1.29 is 23.1 Å². The van der Waals surface area contributed by atoms with Gasteiger partial charge in [-0.25, -0.2) is 13.6 Å². The van der Waals surface area contributed by atoms with Crippen molar-refractivity contribution in [3.8, 4) is 0 Å². The Kier molecular flexibility index (Phi) is 7.99.